The second kappa shape index (κ2) is 7.98. The summed E-state index contributed by atoms with van der Waals surface area (Å²) >= 11 is 0. The molecule has 4 rings (SSSR count). The molecule has 2 atom stereocenters. The number of methoxy groups -OCH3 is 2. The highest BCUT2D eigenvalue weighted by molar-refractivity contribution is 6.08. The number of amides is 4. The fourth-order valence-corrected chi connectivity index (χ4v) is 4.29. The maximum absolute atomic E-state index is 13.2. The Morgan fingerprint density at radius 1 is 1.26 bits per heavy atom. The van der Waals surface area contributed by atoms with Crippen LogP contribution in [-0.2, 0) is 15.1 Å². The van der Waals surface area contributed by atoms with E-state index in [4.69, 9.17) is 13.9 Å². The monoisotopic (exact) mass is 427 g/mol. The SMILES string of the molecule is COc1ccc(OC)c([C@@H]2CCCN2C(=O)CN2C(=O)N[C@](C)(c3ccco3)C2=O)c1. The van der Waals surface area contributed by atoms with Gasteiger partial charge in [0.2, 0.25) is 5.91 Å². The molecule has 2 aliphatic heterocycles. The number of hydrogen-bond acceptors (Lipinski definition) is 6. The first-order chi connectivity index (χ1) is 14.9. The fraction of sp³-hybridized carbons (Fsp3) is 0.409. The zero-order valence-corrected chi connectivity index (χ0v) is 17.7. The molecule has 2 aromatic rings. The predicted octanol–water partition coefficient (Wildman–Crippen LogP) is 2.43. The summed E-state index contributed by atoms with van der Waals surface area (Å²) in [6.07, 6.45) is 2.99. The second-order valence-electron chi connectivity index (χ2n) is 7.78. The smallest absolute Gasteiger partial charge is 0.325 e. The minimum Gasteiger partial charge on any atom is -0.497 e. The molecule has 0 bridgehead atoms. The second-order valence-corrected chi connectivity index (χ2v) is 7.78. The first-order valence-electron chi connectivity index (χ1n) is 10.1. The molecule has 9 heteroatoms. The summed E-state index contributed by atoms with van der Waals surface area (Å²) in [5, 5.41) is 2.64. The van der Waals surface area contributed by atoms with Crippen molar-refractivity contribution in [3.05, 3.63) is 47.9 Å². The summed E-state index contributed by atoms with van der Waals surface area (Å²) in [4.78, 5) is 41.4. The topological polar surface area (TPSA) is 101 Å². The molecule has 0 aliphatic carbocycles. The van der Waals surface area contributed by atoms with E-state index in [-0.39, 0.29) is 18.5 Å². The van der Waals surface area contributed by atoms with E-state index in [1.165, 1.54) is 6.26 Å². The Labute approximate surface area is 179 Å². The maximum atomic E-state index is 13.2. The number of urea groups is 1. The number of rotatable bonds is 6. The number of nitrogens with zero attached hydrogens (tertiary/aromatic N) is 2. The van der Waals surface area contributed by atoms with Gasteiger partial charge in [-0.1, -0.05) is 0 Å². The first-order valence-corrected chi connectivity index (χ1v) is 10.1. The van der Waals surface area contributed by atoms with Crippen LogP contribution in [0.15, 0.2) is 41.0 Å². The van der Waals surface area contributed by atoms with Crippen molar-refractivity contribution < 1.29 is 28.3 Å². The van der Waals surface area contributed by atoms with Crippen LogP contribution in [-0.4, -0.2) is 55.0 Å². The molecular formula is C22H25N3O6. The summed E-state index contributed by atoms with van der Waals surface area (Å²) < 4.78 is 16.2. The van der Waals surface area contributed by atoms with Crippen molar-refractivity contribution >= 4 is 17.8 Å². The number of imide groups is 1. The van der Waals surface area contributed by atoms with Gasteiger partial charge in [0.05, 0.1) is 26.5 Å². The Balaban J connectivity index is 1.55. The number of likely N-dealkylation sites (tertiary alicyclic amines) is 1. The third-order valence-corrected chi connectivity index (χ3v) is 5.95. The lowest BCUT2D eigenvalue weighted by Gasteiger charge is -2.28. The molecule has 0 unspecified atom stereocenters. The van der Waals surface area contributed by atoms with E-state index in [0.29, 0.717) is 23.8 Å². The van der Waals surface area contributed by atoms with E-state index in [0.717, 1.165) is 23.3 Å². The zero-order chi connectivity index (χ0) is 22.2. The molecule has 4 amide bonds. The quantitative estimate of drug-likeness (QED) is 0.711. The third-order valence-electron chi connectivity index (χ3n) is 5.95. The molecule has 0 saturated carbocycles. The first kappa shape index (κ1) is 20.8. The Kier molecular flexibility index (Phi) is 5.34. The molecular weight excluding hydrogens is 402 g/mol. The van der Waals surface area contributed by atoms with E-state index in [1.54, 1.807) is 50.3 Å². The van der Waals surface area contributed by atoms with Crippen molar-refractivity contribution in [3.63, 3.8) is 0 Å². The van der Waals surface area contributed by atoms with Crippen molar-refractivity contribution in [2.24, 2.45) is 0 Å². The van der Waals surface area contributed by atoms with Gasteiger partial charge >= 0.3 is 6.03 Å². The molecule has 3 heterocycles. The van der Waals surface area contributed by atoms with Crippen LogP contribution < -0.4 is 14.8 Å². The normalized spacial score (nSPS) is 23.3. The standard InChI is InChI=1S/C22H25N3O6/c1-22(18-7-5-11-31-18)20(27)25(21(28)23-22)13-19(26)24-10-4-6-16(24)15-12-14(29-2)8-9-17(15)30-3/h5,7-9,11-12,16H,4,6,10,13H2,1-3H3,(H,23,28)/t16-,22+/m0/s1. The molecule has 0 radical (unpaired) electrons. The van der Waals surface area contributed by atoms with Crippen molar-refractivity contribution in [1.82, 2.24) is 15.1 Å². The zero-order valence-electron chi connectivity index (χ0n) is 17.7. The van der Waals surface area contributed by atoms with E-state index in [9.17, 15) is 14.4 Å². The summed E-state index contributed by atoms with van der Waals surface area (Å²) in [7, 11) is 3.16. The molecule has 2 aliphatic rings. The summed E-state index contributed by atoms with van der Waals surface area (Å²) in [5.41, 5.74) is -0.494. The number of nitrogens with one attached hydrogen (secondary N) is 1. The summed E-state index contributed by atoms with van der Waals surface area (Å²) in [6.45, 7) is 1.75. The molecule has 1 aromatic heterocycles. The highest BCUT2D eigenvalue weighted by Gasteiger charge is 2.52. The van der Waals surface area contributed by atoms with Gasteiger partial charge in [0, 0.05) is 12.1 Å². The van der Waals surface area contributed by atoms with Gasteiger partial charge in [-0.05, 0) is 50.1 Å². The van der Waals surface area contributed by atoms with Crippen LogP contribution in [0.1, 0.15) is 37.1 Å². The number of ether oxygens (including phenoxy) is 2. The summed E-state index contributed by atoms with van der Waals surface area (Å²) in [5.74, 6) is 0.820. The van der Waals surface area contributed by atoms with E-state index >= 15 is 0 Å². The van der Waals surface area contributed by atoms with Crippen LogP contribution in [0, 0.1) is 0 Å². The molecule has 2 fully saturated rings. The van der Waals surface area contributed by atoms with Crippen molar-refractivity contribution in [1.29, 1.82) is 0 Å². The number of carbonyl (C=O) groups is 3. The number of furan rings is 1. The van der Waals surface area contributed by atoms with E-state index in [2.05, 4.69) is 5.32 Å². The predicted molar refractivity (Wildman–Crippen MR) is 110 cm³/mol. The summed E-state index contributed by atoms with van der Waals surface area (Å²) in [6, 6.07) is 7.88. The Hall–Kier alpha value is -3.49. The lowest BCUT2D eigenvalue weighted by Crippen LogP contribution is -2.44. The number of hydrogen-bond donors (Lipinski definition) is 1. The van der Waals surface area contributed by atoms with Crippen LogP contribution in [0.5, 0.6) is 11.5 Å². The largest absolute Gasteiger partial charge is 0.497 e. The number of benzene rings is 1. The Morgan fingerprint density at radius 2 is 2.06 bits per heavy atom. The molecule has 1 aromatic carbocycles. The molecule has 1 N–H and O–H groups in total. The van der Waals surface area contributed by atoms with Crippen LogP contribution in [0.2, 0.25) is 0 Å². The van der Waals surface area contributed by atoms with Gasteiger partial charge in [-0.2, -0.15) is 0 Å². The minimum absolute atomic E-state index is 0.227. The average Bonchev–Trinajstić information content (AvgIpc) is 3.51. The fourth-order valence-electron chi connectivity index (χ4n) is 4.29. The Morgan fingerprint density at radius 3 is 2.74 bits per heavy atom. The van der Waals surface area contributed by atoms with Crippen LogP contribution in [0.25, 0.3) is 0 Å². The minimum atomic E-state index is -1.33. The van der Waals surface area contributed by atoms with Gasteiger partial charge in [-0.3, -0.25) is 14.5 Å². The lowest BCUT2D eigenvalue weighted by atomic mass is 9.99. The molecule has 31 heavy (non-hydrogen) atoms. The highest BCUT2D eigenvalue weighted by Crippen LogP contribution is 2.39. The van der Waals surface area contributed by atoms with E-state index < -0.39 is 17.5 Å². The van der Waals surface area contributed by atoms with Crippen molar-refractivity contribution in [2.75, 3.05) is 27.3 Å². The Bertz CT molecular complexity index is 1000. The van der Waals surface area contributed by atoms with Gasteiger partial charge < -0.3 is 24.1 Å². The van der Waals surface area contributed by atoms with Gasteiger partial charge in [0.15, 0.2) is 5.54 Å². The lowest BCUT2D eigenvalue weighted by molar-refractivity contribution is -0.139. The van der Waals surface area contributed by atoms with Gasteiger partial charge in [0.1, 0.15) is 23.8 Å². The van der Waals surface area contributed by atoms with Gasteiger partial charge in [0.25, 0.3) is 5.91 Å². The van der Waals surface area contributed by atoms with Crippen LogP contribution >= 0.6 is 0 Å². The molecule has 9 nitrogen and oxygen atoms in total. The highest BCUT2D eigenvalue weighted by atomic mass is 16.5. The van der Waals surface area contributed by atoms with Gasteiger partial charge in [-0.25, -0.2) is 4.79 Å². The van der Waals surface area contributed by atoms with Crippen molar-refractivity contribution in [3.8, 4) is 11.5 Å². The van der Waals surface area contributed by atoms with E-state index in [1.807, 2.05) is 6.07 Å². The maximum Gasteiger partial charge on any atom is 0.325 e. The average molecular weight is 427 g/mol. The van der Waals surface area contributed by atoms with Crippen molar-refractivity contribution in [2.45, 2.75) is 31.3 Å². The molecule has 2 saturated heterocycles. The van der Waals surface area contributed by atoms with Gasteiger partial charge in [-0.15, -0.1) is 0 Å². The van der Waals surface area contributed by atoms with Crippen LogP contribution in [0.3, 0.4) is 0 Å². The molecule has 0 spiro atoms. The number of carbonyl (C=O) groups excluding carboxylic acids is 3. The molecule has 164 valence electrons. The third kappa shape index (κ3) is 3.49. The van der Waals surface area contributed by atoms with Crippen LogP contribution in [0.4, 0.5) is 4.79 Å².